The maximum atomic E-state index is 13.1. The zero-order chi connectivity index (χ0) is 32.2. The van der Waals surface area contributed by atoms with Crippen LogP contribution in [0.4, 0.5) is 5.69 Å². The van der Waals surface area contributed by atoms with Crippen LogP contribution >= 0.6 is 11.6 Å². The van der Waals surface area contributed by atoms with Crippen LogP contribution in [0.3, 0.4) is 0 Å². The number of carbonyl (C=O) groups is 2. The number of methoxy groups -OCH3 is 1. The van der Waals surface area contributed by atoms with Crippen molar-refractivity contribution in [3.8, 4) is 16.9 Å². The summed E-state index contributed by atoms with van der Waals surface area (Å²) in [7, 11) is -2.34. The number of nitrogens with one attached hydrogen (secondary N) is 2. The normalized spacial score (nSPS) is 11.1. The van der Waals surface area contributed by atoms with E-state index in [0.29, 0.717) is 35.1 Å². The zero-order valence-corrected chi connectivity index (χ0v) is 26.6. The number of sulfonamides is 1. The first-order valence-corrected chi connectivity index (χ1v) is 16.2. The highest BCUT2D eigenvalue weighted by atomic mass is 35.5. The van der Waals surface area contributed by atoms with Crippen LogP contribution in [0, 0.1) is 0 Å². The smallest absolute Gasteiger partial charge is 0.310 e. The number of esters is 2. The fourth-order valence-corrected chi connectivity index (χ4v) is 5.75. The minimum absolute atomic E-state index is 0.0676. The molecule has 0 amide bonds. The molecule has 11 heteroatoms. The Bertz CT molecular complexity index is 1710. The van der Waals surface area contributed by atoms with Gasteiger partial charge in [-0.3, -0.25) is 14.3 Å². The van der Waals surface area contributed by atoms with Crippen LogP contribution < -0.4 is 14.8 Å². The Balaban J connectivity index is 1.56. The fraction of sp³-hybridized carbons (Fsp3) is 0.235. The molecule has 0 bridgehead atoms. The van der Waals surface area contributed by atoms with Crippen molar-refractivity contribution in [3.63, 3.8) is 0 Å². The Morgan fingerprint density at radius 2 is 1.58 bits per heavy atom. The first-order chi connectivity index (χ1) is 21.7. The average molecular weight is 651 g/mol. The molecule has 0 radical (unpaired) electrons. The lowest BCUT2D eigenvalue weighted by Crippen LogP contribution is -2.20. The molecule has 0 unspecified atom stereocenters. The summed E-state index contributed by atoms with van der Waals surface area (Å²) >= 11 is 5.94. The second kappa shape index (κ2) is 16.1. The van der Waals surface area contributed by atoms with E-state index in [0.717, 1.165) is 22.3 Å². The van der Waals surface area contributed by atoms with Crippen LogP contribution in [0.1, 0.15) is 30.0 Å². The molecule has 2 N–H and O–H groups in total. The van der Waals surface area contributed by atoms with E-state index in [2.05, 4.69) is 10.0 Å². The van der Waals surface area contributed by atoms with Gasteiger partial charge in [-0.2, -0.15) is 0 Å². The molecule has 0 aliphatic heterocycles. The van der Waals surface area contributed by atoms with Gasteiger partial charge in [-0.25, -0.2) is 8.42 Å². The summed E-state index contributed by atoms with van der Waals surface area (Å²) in [5, 5.41) is 3.69. The van der Waals surface area contributed by atoms with Crippen molar-refractivity contribution in [2.75, 3.05) is 25.0 Å². The number of rotatable bonds is 15. The lowest BCUT2D eigenvalue weighted by molar-refractivity contribution is -0.145. The van der Waals surface area contributed by atoms with Crippen LogP contribution in [-0.2, 0) is 48.7 Å². The maximum absolute atomic E-state index is 13.1. The number of hydrogen-bond acceptors (Lipinski definition) is 8. The topological polar surface area (TPSA) is 120 Å². The van der Waals surface area contributed by atoms with E-state index in [-0.39, 0.29) is 42.9 Å². The monoisotopic (exact) mass is 650 g/mol. The summed E-state index contributed by atoms with van der Waals surface area (Å²) in [6.45, 7) is 2.85. The molecule has 0 aliphatic rings. The van der Waals surface area contributed by atoms with E-state index in [1.807, 2.05) is 36.4 Å². The molecule has 0 aliphatic carbocycles. The highest BCUT2D eigenvalue weighted by Gasteiger charge is 2.18. The molecule has 0 saturated carbocycles. The van der Waals surface area contributed by atoms with Gasteiger partial charge < -0.3 is 19.5 Å². The van der Waals surface area contributed by atoms with E-state index in [1.54, 1.807) is 44.4 Å². The van der Waals surface area contributed by atoms with Crippen LogP contribution in [0.2, 0.25) is 5.02 Å². The fourth-order valence-electron chi connectivity index (χ4n) is 4.57. The van der Waals surface area contributed by atoms with Crippen molar-refractivity contribution >= 4 is 39.3 Å². The average Bonchev–Trinajstić information content (AvgIpc) is 3.03. The Morgan fingerprint density at radius 3 is 2.29 bits per heavy atom. The molecule has 4 aromatic rings. The van der Waals surface area contributed by atoms with Crippen LogP contribution in [0.5, 0.6) is 5.75 Å². The van der Waals surface area contributed by atoms with Gasteiger partial charge in [0.2, 0.25) is 0 Å². The maximum Gasteiger partial charge on any atom is 0.310 e. The van der Waals surface area contributed by atoms with Crippen molar-refractivity contribution in [1.29, 1.82) is 0 Å². The van der Waals surface area contributed by atoms with Crippen molar-refractivity contribution < 1.29 is 32.2 Å². The first-order valence-electron chi connectivity index (χ1n) is 14.3. The second-order valence-electron chi connectivity index (χ2n) is 10.0. The van der Waals surface area contributed by atoms with Gasteiger partial charge in [0.15, 0.2) is 0 Å². The highest BCUT2D eigenvalue weighted by molar-refractivity contribution is 7.92. The van der Waals surface area contributed by atoms with Crippen LogP contribution in [0.25, 0.3) is 11.1 Å². The largest absolute Gasteiger partial charge is 0.496 e. The summed E-state index contributed by atoms with van der Waals surface area (Å²) in [4.78, 5) is 24.6. The van der Waals surface area contributed by atoms with Gasteiger partial charge in [0.1, 0.15) is 12.4 Å². The Kier molecular flexibility index (Phi) is 12.0. The molecule has 0 aromatic heterocycles. The predicted molar refractivity (Wildman–Crippen MR) is 174 cm³/mol. The molecule has 0 saturated heterocycles. The number of ether oxygens (including phenoxy) is 3. The number of hydrogen-bond donors (Lipinski definition) is 2. The van der Waals surface area contributed by atoms with Gasteiger partial charge in [0, 0.05) is 29.4 Å². The van der Waals surface area contributed by atoms with Gasteiger partial charge >= 0.3 is 11.9 Å². The van der Waals surface area contributed by atoms with Crippen molar-refractivity contribution in [1.82, 2.24) is 5.32 Å². The Morgan fingerprint density at radius 1 is 0.822 bits per heavy atom. The summed E-state index contributed by atoms with van der Waals surface area (Å²) in [5.74, 6) is -0.117. The molecule has 236 valence electrons. The quantitative estimate of drug-likeness (QED) is 0.116. The first kappa shape index (κ1) is 33.5. The minimum atomic E-state index is -3.89. The zero-order valence-electron chi connectivity index (χ0n) is 25.0. The van der Waals surface area contributed by atoms with E-state index in [9.17, 15) is 18.0 Å². The third-order valence-corrected chi connectivity index (χ3v) is 8.40. The predicted octanol–water partition coefficient (Wildman–Crippen LogP) is 6.15. The standard InChI is InChI=1S/C34H35ClN2O7S/c1-3-43-34(39)20-25-9-16-32(42-2)31(19-25)30-15-12-28(37-45(40,41)29-13-10-27(35)11-14-29)21-26(30)22-36-18-17-33(38)44-23-24-7-5-4-6-8-24/h4-16,19,21,36-37H,3,17-18,20,22-23H2,1-2H3. The minimum Gasteiger partial charge on any atom is -0.496 e. The molecule has 0 heterocycles. The van der Waals surface area contributed by atoms with Gasteiger partial charge in [-0.05, 0) is 77.7 Å². The molecule has 9 nitrogen and oxygen atoms in total. The van der Waals surface area contributed by atoms with E-state index >= 15 is 0 Å². The number of carbonyl (C=O) groups excluding carboxylic acids is 2. The van der Waals surface area contributed by atoms with Gasteiger partial charge in [0.25, 0.3) is 10.0 Å². The molecule has 0 spiro atoms. The summed E-state index contributed by atoms with van der Waals surface area (Å²) in [6.07, 6.45) is 0.228. The van der Waals surface area contributed by atoms with E-state index < -0.39 is 10.0 Å². The van der Waals surface area contributed by atoms with Crippen molar-refractivity contribution in [3.05, 3.63) is 113 Å². The second-order valence-corrected chi connectivity index (χ2v) is 12.1. The van der Waals surface area contributed by atoms with Crippen LogP contribution in [-0.4, -0.2) is 40.6 Å². The van der Waals surface area contributed by atoms with E-state index in [4.69, 9.17) is 25.8 Å². The highest BCUT2D eigenvalue weighted by Crippen LogP contribution is 2.35. The molecule has 4 aromatic carbocycles. The van der Waals surface area contributed by atoms with Crippen molar-refractivity contribution in [2.45, 2.75) is 37.8 Å². The molecule has 4 rings (SSSR count). The number of anilines is 1. The third-order valence-electron chi connectivity index (χ3n) is 6.75. The molecule has 0 fully saturated rings. The summed E-state index contributed by atoms with van der Waals surface area (Å²) in [6, 6.07) is 25.9. The molecular formula is C34H35ClN2O7S. The number of benzene rings is 4. The van der Waals surface area contributed by atoms with Crippen molar-refractivity contribution in [2.24, 2.45) is 0 Å². The molecule has 0 atom stereocenters. The Hall–Kier alpha value is -4.38. The van der Waals surface area contributed by atoms with Gasteiger partial charge in [-0.1, -0.05) is 54.1 Å². The summed E-state index contributed by atoms with van der Waals surface area (Å²) in [5.41, 5.74) is 4.18. The Labute approximate surface area is 268 Å². The summed E-state index contributed by atoms with van der Waals surface area (Å²) < 4.78 is 44.9. The van der Waals surface area contributed by atoms with Gasteiger partial charge in [0.05, 0.1) is 31.5 Å². The van der Waals surface area contributed by atoms with Crippen LogP contribution in [0.15, 0.2) is 95.9 Å². The third kappa shape index (κ3) is 9.81. The SMILES string of the molecule is CCOC(=O)Cc1ccc(OC)c(-c2ccc(NS(=O)(=O)c3ccc(Cl)cc3)cc2CNCCC(=O)OCc2ccccc2)c1. The number of halogens is 1. The van der Waals surface area contributed by atoms with E-state index in [1.165, 1.54) is 24.3 Å². The lowest BCUT2D eigenvalue weighted by Gasteiger charge is -2.17. The van der Waals surface area contributed by atoms with Gasteiger partial charge in [-0.15, -0.1) is 0 Å². The lowest BCUT2D eigenvalue weighted by atomic mass is 9.95. The molecule has 45 heavy (non-hydrogen) atoms. The molecular weight excluding hydrogens is 616 g/mol.